The summed E-state index contributed by atoms with van der Waals surface area (Å²) < 4.78 is 34.1. The minimum atomic E-state index is -1.46. The second-order valence-electron chi connectivity index (χ2n) is 6.52. The Balaban J connectivity index is 2.13. The van der Waals surface area contributed by atoms with Crippen molar-refractivity contribution in [2.24, 2.45) is 5.41 Å². The third kappa shape index (κ3) is 3.73. The number of carboxylic acids is 1. The van der Waals surface area contributed by atoms with Gasteiger partial charge in [0.15, 0.2) is 0 Å². The van der Waals surface area contributed by atoms with Crippen LogP contribution in [-0.2, 0) is 11.3 Å². The summed E-state index contributed by atoms with van der Waals surface area (Å²) in [6.07, 6.45) is 3.36. The summed E-state index contributed by atoms with van der Waals surface area (Å²) in [4.78, 5) is 24.0. The number of pyridine rings is 1. The molecule has 0 bridgehead atoms. The van der Waals surface area contributed by atoms with Crippen LogP contribution in [0, 0.1) is 28.4 Å². The number of hydrogen-bond acceptors (Lipinski definition) is 4. The summed E-state index contributed by atoms with van der Waals surface area (Å²) in [7, 11) is 0. The molecule has 6 nitrogen and oxygen atoms in total. The Labute approximate surface area is 153 Å². The number of carboxylic acid groups (broad SMARTS) is 1. The lowest BCUT2D eigenvalue weighted by Gasteiger charge is -2.31. The van der Waals surface area contributed by atoms with Crippen molar-refractivity contribution in [3.63, 3.8) is 0 Å². The number of nitriles is 1. The van der Waals surface area contributed by atoms with E-state index in [0.717, 1.165) is 18.3 Å². The highest BCUT2D eigenvalue weighted by Crippen LogP contribution is 2.32. The van der Waals surface area contributed by atoms with Crippen LogP contribution in [0.1, 0.15) is 23.2 Å². The van der Waals surface area contributed by atoms with Gasteiger partial charge in [-0.15, -0.1) is 0 Å². The Bertz CT molecular complexity index is 988. The van der Waals surface area contributed by atoms with E-state index in [2.05, 4.69) is 6.07 Å². The van der Waals surface area contributed by atoms with Crippen LogP contribution < -0.4 is 5.43 Å². The van der Waals surface area contributed by atoms with E-state index in [1.54, 1.807) is 0 Å². The molecule has 1 aromatic heterocycles. The van der Waals surface area contributed by atoms with Crippen LogP contribution >= 0.6 is 0 Å². The average Bonchev–Trinajstić information content (AvgIpc) is 2.64. The van der Waals surface area contributed by atoms with Crippen LogP contribution in [0.3, 0.4) is 0 Å². The first-order valence-electron chi connectivity index (χ1n) is 8.27. The largest absolute Gasteiger partial charge is 0.477 e. The van der Waals surface area contributed by atoms with E-state index in [1.807, 2.05) is 0 Å². The van der Waals surface area contributed by atoms with Crippen LogP contribution in [0.5, 0.6) is 0 Å². The van der Waals surface area contributed by atoms with Crippen LogP contribution in [0.2, 0.25) is 0 Å². The summed E-state index contributed by atoms with van der Waals surface area (Å²) in [5.41, 5.74) is -2.59. The Morgan fingerprint density at radius 1 is 1.26 bits per heavy atom. The van der Waals surface area contributed by atoms with Crippen LogP contribution in [-0.4, -0.2) is 28.9 Å². The zero-order chi connectivity index (χ0) is 19.6. The Kier molecular flexibility index (Phi) is 5.06. The fraction of sp³-hybridized carbons (Fsp3) is 0.316. The molecule has 2 aromatic rings. The summed E-state index contributed by atoms with van der Waals surface area (Å²) in [6.45, 7) is 0.932. The van der Waals surface area contributed by atoms with Gasteiger partial charge in [-0.1, -0.05) is 0 Å². The molecule has 2 heterocycles. The van der Waals surface area contributed by atoms with Gasteiger partial charge in [0.2, 0.25) is 5.43 Å². The van der Waals surface area contributed by atoms with Crippen molar-refractivity contribution in [1.82, 2.24) is 4.57 Å². The molecule has 1 fully saturated rings. The molecule has 1 aromatic carbocycles. The molecule has 1 saturated heterocycles. The van der Waals surface area contributed by atoms with E-state index in [-0.39, 0.29) is 17.7 Å². The lowest BCUT2D eigenvalue weighted by Crippen LogP contribution is -2.33. The van der Waals surface area contributed by atoms with Crippen LogP contribution in [0.25, 0.3) is 11.1 Å². The van der Waals surface area contributed by atoms with Crippen molar-refractivity contribution in [2.75, 3.05) is 13.2 Å². The number of halogens is 2. The molecule has 1 aliphatic heterocycles. The number of benzene rings is 1. The van der Waals surface area contributed by atoms with Crippen molar-refractivity contribution in [1.29, 1.82) is 5.26 Å². The Hall–Kier alpha value is -3.05. The smallest absolute Gasteiger partial charge is 0.341 e. The van der Waals surface area contributed by atoms with Gasteiger partial charge in [0.05, 0.1) is 11.5 Å². The lowest BCUT2D eigenvalue weighted by molar-refractivity contribution is 0.0331. The molecule has 0 radical (unpaired) electrons. The molecule has 0 unspecified atom stereocenters. The van der Waals surface area contributed by atoms with Gasteiger partial charge in [0, 0.05) is 49.3 Å². The molecule has 0 aliphatic carbocycles. The predicted molar refractivity (Wildman–Crippen MR) is 91.1 cm³/mol. The number of ether oxygens (including phenoxy) is 1. The normalized spacial score (nSPS) is 15.9. The zero-order valence-electron chi connectivity index (χ0n) is 14.2. The van der Waals surface area contributed by atoms with Crippen molar-refractivity contribution < 1.29 is 23.4 Å². The monoisotopic (exact) mass is 374 g/mol. The van der Waals surface area contributed by atoms with Crippen molar-refractivity contribution in [2.45, 2.75) is 19.4 Å². The fourth-order valence-corrected chi connectivity index (χ4v) is 3.19. The highest BCUT2D eigenvalue weighted by molar-refractivity contribution is 5.88. The molecule has 1 aliphatic rings. The maximum absolute atomic E-state index is 14.2. The average molecular weight is 374 g/mol. The summed E-state index contributed by atoms with van der Waals surface area (Å²) in [5.74, 6) is -3.24. The summed E-state index contributed by atoms with van der Waals surface area (Å²) in [5, 5.41) is 18.9. The van der Waals surface area contributed by atoms with Crippen LogP contribution in [0.15, 0.2) is 35.4 Å². The third-order valence-corrected chi connectivity index (χ3v) is 4.70. The lowest BCUT2D eigenvalue weighted by atomic mass is 9.81. The summed E-state index contributed by atoms with van der Waals surface area (Å²) in [6, 6.07) is 4.96. The van der Waals surface area contributed by atoms with E-state index < -0.39 is 34.0 Å². The standard InChI is InChI=1S/C19H16F2N2O4/c20-12-1-2-13(16(21)7-12)14-8-23(9-15(17(14)24)18(25)26)11-19(10-22)3-5-27-6-4-19/h1-2,7-9H,3-6,11H2,(H,25,26). The molecule has 27 heavy (non-hydrogen) atoms. The number of aromatic carboxylic acids is 1. The number of nitrogens with zero attached hydrogens (tertiary/aromatic N) is 2. The number of carbonyl (C=O) groups is 1. The molecule has 0 atom stereocenters. The van der Waals surface area contributed by atoms with Gasteiger partial charge in [-0.2, -0.15) is 5.26 Å². The molecule has 0 amide bonds. The van der Waals surface area contributed by atoms with Gasteiger partial charge in [0.25, 0.3) is 0 Å². The Morgan fingerprint density at radius 3 is 2.56 bits per heavy atom. The van der Waals surface area contributed by atoms with E-state index >= 15 is 0 Å². The highest BCUT2D eigenvalue weighted by Gasteiger charge is 2.33. The van der Waals surface area contributed by atoms with E-state index in [9.17, 15) is 28.7 Å². The SMILES string of the molecule is N#CC1(Cn2cc(C(=O)O)c(=O)c(-c3ccc(F)cc3F)c2)CCOCC1. The first kappa shape index (κ1) is 18.7. The van der Waals surface area contributed by atoms with Crippen LogP contribution in [0.4, 0.5) is 8.78 Å². The minimum absolute atomic E-state index is 0.128. The molecule has 0 spiro atoms. The van der Waals surface area contributed by atoms with E-state index in [0.29, 0.717) is 32.1 Å². The van der Waals surface area contributed by atoms with Gasteiger partial charge in [0.1, 0.15) is 17.2 Å². The van der Waals surface area contributed by atoms with Gasteiger partial charge >= 0.3 is 5.97 Å². The molecule has 8 heteroatoms. The molecular weight excluding hydrogens is 358 g/mol. The second-order valence-corrected chi connectivity index (χ2v) is 6.52. The number of hydrogen-bond donors (Lipinski definition) is 1. The van der Waals surface area contributed by atoms with Crippen molar-refractivity contribution >= 4 is 5.97 Å². The molecule has 140 valence electrons. The molecule has 0 saturated carbocycles. The van der Waals surface area contributed by atoms with Crippen molar-refractivity contribution in [3.05, 3.63) is 58.0 Å². The number of aromatic nitrogens is 1. The van der Waals surface area contributed by atoms with Crippen molar-refractivity contribution in [3.8, 4) is 17.2 Å². The quantitative estimate of drug-likeness (QED) is 0.888. The second kappa shape index (κ2) is 7.29. The third-order valence-electron chi connectivity index (χ3n) is 4.70. The van der Waals surface area contributed by atoms with E-state index in [4.69, 9.17) is 4.74 Å². The van der Waals surface area contributed by atoms with Gasteiger partial charge in [-0.05, 0) is 25.0 Å². The van der Waals surface area contributed by atoms with Gasteiger partial charge in [-0.25, -0.2) is 13.6 Å². The fourth-order valence-electron chi connectivity index (χ4n) is 3.19. The zero-order valence-corrected chi connectivity index (χ0v) is 14.2. The first-order valence-corrected chi connectivity index (χ1v) is 8.27. The topological polar surface area (TPSA) is 92.3 Å². The molecular formula is C19H16F2N2O4. The predicted octanol–water partition coefficient (Wildman–Crippen LogP) is 2.81. The maximum Gasteiger partial charge on any atom is 0.341 e. The highest BCUT2D eigenvalue weighted by atomic mass is 19.1. The van der Waals surface area contributed by atoms with Gasteiger partial charge in [-0.3, -0.25) is 4.79 Å². The Morgan fingerprint density at radius 2 is 1.96 bits per heavy atom. The number of rotatable bonds is 4. The minimum Gasteiger partial charge on any atom is -0.477 e. The van der Waals surface area contributed by atoms with E-state index in [1.165, 1.54) is 10.8 Å². The first-order chi connectivity index (χ1) is 12.8. The van der Waals surface area contributed by atoms with Gasteiger partial charge < -0.3 is 14.4 Å². The molecule has 1 N–H and O–H groups in total. The molecule has 3 rings (SSSR count). The maximum atomic E-state index is 14.2. The summed E-state index contributed by atoms with van der Waals surface area (Å²) >= 11 is 0.